The van der Waals surface area contributed by atoms with Crippen molar-refractivity contribution in [1.29, 1.82) is 0 Å². The number of hydrogen-bond donors (Lipinski definition) is 1. The van der Waals surface area contributed by atoms with Gasteiger partial charge in [0.15, 0.2) is 0 Å². The van der Waals surface area contributed by atoms with E-state index in [-0.39, 0.29) is 24.0 Å². The summed E-state index contributed by atoms with van der Waals surface area (Å²) in [7, 11) is 0. The van der Waals surface area contributed by atoms with Crippen LogP contribution in [0.5, 0.6) is 0 Å². The highest BCUT2D eigenvalue weighted by molar-refractivity contribution is 6.01. The molecule has 1 heterocycles. The summed E-state index contributed by atoms with van der Waals surface area (Å²) in [5, 5.41) is 2.60. The highest BCUT2D eigenvalue weighted by Gasteiger charge is 2.21. The second kappa shape index (κ2) is 2.17. The van der Waals surface area contributed by atoms with Gasteiger partial charge in [-0.3, -0.25) is 9.59 Å². The van der Waals surface area contributed by atoms with Crippen LogP contribution in [0.3, 0.4) is 0 Å². The first-order valence-corrected chi connectivity index (χ1v) is 2.99. The Morgan fingerprint density at radius 2 is 2.22 bits per heavy atom. The van der Waals surface area contributed by atoms with E-state index in [2.05, 4.69) is 5.32 Å². The molecule has 0 aromatic carbocycles. The lowest BCUT2D eigenvalue weighted by molar-refractivity contribution is -0.133. The molecule has 1 aliphatic heterocycles. The highest BCUT2D eigenvalue weighted by atomic mass is 16.2. The van der Waals surface area contributed by atoms with E-state index in [1.165, 1.54) is 0 Å². The molecule has 1 aliphatic rings. The average molecular weight is 127 g/mol. The Balaban J connectivity index is 2.54. The van der Waals surface area contributed by atoms with Crippen molar-refractivity contribution in [3.05, 3.63) is 0 Å². The molecule has 0 radical (unpaired) electrons. The van der Waals surface area contributed by atoms with Gasteiger partial charge in [-0.25, -0.2) is 0 Å². The third kappa shape index (κ3) is 1.28. The second-order valence-corrected chi connectivity index (χ2v) is 2.35. The molecule has 3 heteroatoms. The van der Waals surface area contributed by atoms with E-state index in [0.29, 0.717) is 6.54 Å². The van der Waals surface area contributed by atoms with Gasteiger partial charge in [0.2, 0.25) is 5.91 Å². The number of carbonyl (C=O) groups is 2. The van der Waals surface area contributed by atoms with Crippen LogP contribution in [-0.4, -0.2) is 18.2 Å². The van der Waals surface area contributed by atoms with E-state index < -0.39 is 0 Å². The predicted octanol–water partition coefficient (Wildman–Crippen LogP) is -0.289. The molecule has 3 nitrogen and oxygen atoms in total. The molecule has 50 valence electrons. The van der Waals surface area contributed by atoms with Crippen molar-refractivity contribution in [2.45, 2.75) is 13.3 Å². The molecule has 0 spiro atoms. The molecule has 1 saturated heterocycles. The lowest BCUT2D eigenvalue weighted by Crippen LogP contribution is -2.39. The van der Waals surface area contributed by atoms with Crippen molar-refractivity contribution >= 4 is 11.7 Å². The van der Waals surface area contributed by atoms with Gasteiger partial charge in [-0.2, -0.15) is 0 Å². The van der Waals surface area contributed by atoms with Gasteiger partial charge in [0.05, 0.1) is 6.42 Å². The SMILES string of the molecule is CC1CNC(=O)CC1=O. The fraction of sp³-hybridized carbons (Fsp3) is 0.667. The van der Waals surface area contributed by atoms with Crippen molar-refractivity contribution in [3.63, 3.8) is 0 Å². The molecule has 0 saturated carbocycles. The van der Waals surface area contributed by atoms with Crippen LogP contribution in [0.4, 0.5) is 0 Å². The van der Waals surface area contributed by atoms with E-state index in [0.717, 1.165) is 0 Å². The molecule has 1 unspecified atom stereocenters. The monoisotopic (exact) mass is 127 g/mol. The molecule has 1 fully saturated rings. The van der Waals surface area contributed by atoms with Gasteiger partial charge in [0, 0.05) is 12.5 Å². The maximum atomic E-state index is 10.7. The topological polar surface area (TPSA) is 46.2 Å². The quantitative estimate of drug-likeness (QED) is 0.454. The van der Waals surface area contributed by atoms with Crippen LogP contribution in [0.25, 0.3) is 0 Å². The van der Waals surface area contributed by atoms with Crippen LogP contribution in [0.2, 0.25) is 0 Å². The first-order valence-electron chi connectivity index (χ1n) is 2.99. The summed E-state index contributed by atoms with van der Waals surface area (Å²) < 4.78 is 0. The van der Waals surface area contributed by atoms with Gasteiger partial charge in [-0.1, -0.05) is 6.92 Å². The van der Waals surface area contributed by atoms with Gasteiger partial charge in [-0.15, -0.1) is 0 Å². The number of rotatable bonds is 0. The average Bonchev–Trinajstić information content (AvgIpc) is 1.80. The number of carbonyl (C=O) groups excluding carboxylic acids is 2. The maximum Gasteiger partial charge on any atom is 0.227 e. The Kier molecular flexibility index (Phi) is 1.51. The number of nitrogens with one attached hydrogen (secondary N) is 1. The molecule has 0 aromatic rings. The molecule has 0 aliphatic carbocycles. The van der Waals surface area contributed by atoms with Gasteiger partial charge < -0.3 is 5.32 Å². The number of amides is 1. The molecule has 0 aromatic heterocycles. The molecule has 1 atom stereocenters. The molecule has 9 heavy (non-hydrogen) atoms. The summed E-state index contributed by atoms with van der Waals surface area (Å²) >= 11 is 0. The Labute approximate surface area is 53.4 Å². The van der Waals surface area contributed by atoms with E-state index >= 15 is 0 Å². The number of ketones is 1. The zero-order chi connectivity index (χ0) is 6.85. The standard InChI is InChI=1S/C6H9NO2/c1-4-3-7-6(9)2-5(4)8/h4H,2-3H2,1H3,(H,7,9). The number of piperidine rings is 1. The van der Waals surface area contributed by atoms with E-state index in [9.17, 15) is 9.59 Å². The predicted molar refractivity (Wildman–Crippen MR) is 31.8 cm³/mol. The van der Waals surface area contributed by atoms with Crippen molar-refractivity contribution in [1.82, 2.24) is 5.32 Å². The lowest BCUT2D eigenvalue weighted by atomic mass is 10.0. The molecular formula is C6H9NO2. The number of hydrogen-bond acceptors (Lipinski definition) is 2. The molecule has 1 N–H and O–H groups in total. The van der Waals surface area contributed by atoms with Crippen LogP contribution >= 0.6 is 0 Å². The summed E-state index contributed by atoms with van der Waals surface area (Å²) in [5.74, 6) is -0.0699. The number of Topliss-reactive ketones (excluding diaryl/α,β-unsaturated/α-hetero) is 1. The van der Waals surface area contributed by atoms with Crippen LogP contribution in [-0.2, 0) is 9.59 Å². The van der Waals surface area contributed by atoms with Gasteiger partial charge >= 0.3 is 0 Å². The van der Waals surface area contributed by atoms with Crippen LogP contribution < -0.4 is 5.32 Å². The fourth-order valence-corrected chi connectivity index (χ4v) is 0.776. The Morgan fingerprint density at radius 3 is 2.67 bits per heavy atom. The van der Waals surface area contributed by atoms with Crippen molar-refractivity contribution in [3.8, 4) is 0 Å². The zero-order valence-corrected chi connectivity index (χ0v) is 5.31. The van der Waals surface area contributed by atoms with Crippen molar-refractivity contribution in [2.24, 2.45) is 5.92 Å². The minimum Gasteiger partial charge on any atom is -0.355 e. The van der Waals surface area contributed by atoms with Crippen molar-refractivity contribution < 1.29 is 9.59 Å². The summed E-state index contributed by atoms with van der Waals surface area (Å²) in [6.45, 7) is 2.33. The van der Waals surface area contributed by atoms with E-state index in [1.54, 1.807) is 0 Å². The van der Waals surface area contributed by atoms with Gasteiger partial charge in [-0.05, 0) is 0 Å². The fourth-order valence-electron chi connectivity index (χ4n) is 0.776. The second-order valence-electron chi connectivity index (χ2n) is 2.35. The largest absolute Gasteiger partial charge is 0.355 e. The summed E-state index contributed by atoms with van der Waals surface area (Å²) in [4.78, 5) is 21.2. The Hall–Kier alpha value is -0.860. The maximum absolute atomic E-state index is 10.7. The van der Waals surface area contributed by atoms with Crippen LogP contribution in [0.15, 0.2) is 0 Å². The third-order valence-electron chi connectivity index (χ3n) is 1.49. The highest BCUT2D eigenvalue weighted by Crippen LogP contribution is 2.03. The third-order valence-corrected chi connectivity index (χ3v) is 1.49. The van der Waals surface area contributed by atoms with Crippen molar-refractivity contribution in [2.75, 3.05) is 6.54 Å². The smallest absolute Gasteiger partial charge is 0.227 e. The summed E-state index contributed by atoms with van der Waals surface area (Å²) in [5.41, 5.74) is 0. The minimum atomic E-state index is -0.141. The molecule has 1 amide bonds. The lowest BCUT2D eigenvalue weighted by Gasteiger charge is -2.16. The Morgan fingerprint density at radius 1 is 1.56 bits per heavy atom. The summed E-state index contributed by atoms with van der Waals surface area (Å²) in [6.07, 6.45) is 0.0706. The first-order chi connectivity index (χ1) is 4.20. The van der Waals surface area contributed by atoms with Gasteiger partial charge in [0.25, 0.3) is 0 Å². The van der Waals surface area contributed by atoms with Crippen LogP contribution in [0.1, 0.15) is 13.3 Å². The first kappa shape index (κ1) is 6.26. The molecule has 0 bridgehead atoms. The van der Waals surface area contributed by atoms with E-state index in [1.807, 2.05) is 6.92 Å². The molecule has 1 rings (SSSR count). The Bertz CT molecular complexity index is 153. The van der Waals surface area contributed by atoms with Crippen LogP contribution in [0, 0.1) is 5.92 Å². The minimum absolute atomic E-state index is 0.0164. The zero-order valence-electron chi connectivity index (χ0n) is 5.31. The molecular weight excluding hydrogens is 118 g/mol. The summed E-state index contributed by atoms with van der Waals surface area (Å²) in [6, 6.07) is 0. The van der Waals surface area contributed by atoms with Gasteiger partial charge in [0.1, 0.15) is 5.78 Å². The normalized spacial score (nSPS) is 27.9. The van der Waals surface area contributed by atoms with E-state index in [4.69, 9.17) is 0 Å².